The molecule has 0 amide bonds. The lowest BCUT2D eigenvalue weighted by Crippen LogP contribution is -2.11. The van der Waals surface area contributed by atoms with Crippen LogP contribution < -0.4 is 0 Å². The summed E-state index contributed by atoms with van der Waals surface area (Å²) in [5.74, 6) is 0.274. The molecule has 1 aromatic rings. The Hall–Kier alpha value is -1.38. The summed E-state index contributed by atoms with van der Waals surface area (Å²) >= 11 is 0. The van der Waals surface area contributed by atoms with Crippen molar-refractivity contribution < 1.29 is 4.79 Å². The Balaban J connectivity index is 1.63. The molecule has 0 saturated heterocycles. The normalized spacial score (nSPS) is 20.5. The van der Waals surface area contributed by atoms with E-state index in [9.17, 15) is 4.79 Å². The summed E-state index contributed by atoms with van der Waals surface area (Å²) in [6.07, 6.45) is 14.2. The molecule has 3 nitrogen and oxygen atoms in total. The number of Topliss-reactive ketones (excluding diaryl/α,β-unsaturated/α-hetero) is 1. The fraction of sp³-hybridized carbons (Fsp3) is 0.625. The first-order valence-electron chi connectivity index (χ1n) is 7.59. The molecule has 0 atom stereocenters. The number of rotatable bonds is 4. The minimum absolute atomic E-state index is 0.274. The number of carbonyl (C=O) groups is 1. The fourth-order valence-electron chi connectivity index (χ4n) is 3.21. The third kappa shape index (κ3) is 2.96. The van der Waals surface area contributed by atoms with E-state index < -0.39 is 0 Å². The smallest absolute Gasteiger partial charge is 0.164 e. The second-order valence-electron chi connectivity index (χ2n) is 5.80. The molecule has 0 aromatic carbocycles. The van der Waals surface area contributed by atoms with Crippen molar-refractivity contribution in [1.29, 1.82) is 0 Å². The van der Waals surface area contributed by atoms with Crippen LogP contribution >= 0.6 is 0 Å². The van der Waals surface area contributed by atoms with E-state index in [0.29, 0.717) is 12.5 Å². The number of hydrogen-bond acceptors (Lipinski definition) is 2. The van der Waals surface area contributed by atoms with Crippen molar-refractivity contribution in [2.75, 3.05) is 0 Å². The zero-order valence-corrected chi connectivity index (χ0v) is 11.5. The highest BCUT2D eigenvalue weighted by Gasteiger charge is 2.19. The molecule has 1 saturated carbocycles. The number of nitrogens with zero attached hydrogens (tertiary/aromatic N) is 2. The van der Waals surface area contributed by atoms with Gasteiger partial charge >= 0.3 is 0 Å². The van der Waals surface area contributed by atoms with Crippen LogP contribution in [0.15, 0.2) is 23.9 Å². The molecule has 0 N–H and O–H groups in total. The zero-order chi connectivity index (χ0) is 13.1. The van der Waals surface area contributed by atoms with E-state index in [1.165, 1.54) is 32.1 Å². The van der Waals surface area contributed by atoms with Crippen molar-refractivity contribution in [2.45, 2.75) is 63.8 Å². The fourth-order valence-corrected chi connectivity index (χ4v) is 3.21. The van der Waals surface area contributed by atoms with Crippen LogP contribution in [-0.2, 0) is 11.2 Å². The molecule has 3 heteroatoms. The quantitative estimate of drug-likeness (QED) is 0.827. The summed E-state index contributed by atoms with van der Waals surface area (Å²) in [5.41, 5.74) is 1.96. The molecule has 0 radical (unpaired) electrons. The molecule has 1 heterocycles. The van der Waals surface area contributed by atoms with Gasteiger partial charge in [-0.3, -0.25) is 9.48 Å². The van der Waals surface area contributed by atoms with Gasteiger partial charge in [-0.2, -0.15) is 5.10 Å². The summed E-state index contributed by atoms with van der Waals surface area (Å²) < 4.78 is 2.07. The minimum atomic E-state index is 0.274. The molecule has 0 unspecified atom stereocenters. The Labute approximate surface area is 114 Å². The van der Waals surface area contributed by atoms with Crippen molar-refractivity contribution in [3.05, 3.63) is 29.6 Å². The highest BCUT2D eigenvalue weighted by Crippen LogP contribution is 2.28. The molecule has 1 fully saturated rings. The average Bonchev–Trinajstić information content (AvgIpc) is 3.10. The lowest BCUT2D eigenvalue weighted by Gasteiger charge is -2.11. The first kappa shape index (κ1) is 12.6. The molecule has 1 aromatic heterocycles. The van der Waals surface area contributed by atoms with Crippen LogP contribution in [0.4, 0.5) is 0 Å². The minimum Gasteiger partial charge on any atom is -0.294 e. The van der Waals surface area contributed by atoms with Crippen molar-refractivity contribution in [2.24, 2.45) is 0 Å². The predicted octanol–water partition coefficient (Wildman–Crippen LogP) is 3.61. The summed E-state index contributed by atoms with van der Waals surface area (Å²) in [6, 6.07) is 2.58. The number of ketones is 1. The molecule has 0 aliphatic heterocycles. The van der Waals surface area contributed by atoms with Gasteiger partial charge in [-0.25, -0.2) is 0 Å². The van der Waals surface area contributed by atoms with Gasteiger partial charge in [0.2, 0.25) is 0 Å². The number of aromatic nitrogens is 2. The van der Waals surface area contributed by atoms with Crippen LogP contribution in [0.25, 0.3) is 0 Å². The molecular formula is C16H22N2O. The predicted molar refractivity (Wildman–Crippen MR) is 75.0 cm³/mol. The Morgan fingerprint density at radius 3 is 2.84 bits per heavy atom. The molecular weight excluding hydrogens is 236 g/mol. The van der Waals surface area contributed by atoms with Crippen LogP contribution in [0, 0.1) is 0 Å². The molecule has 3 rings (SSSR count). The van der Waals surface area contributed by atoms with Gasteiger partial charge in [-0.1, -0.05) is 18.9 Å². The van der Waals surface area contributed by atoms with E-state index in [4.69, 9.17) is 0 Å². The van der Waals surface area contributed by atoms with Gasteiger partial charge in [-0.15, -0.1) is 0 Å². The molecule has 0 bridgehead atoms. The van der Waals surface area contributed by atoms with E-state index in [1.807, 2.05) is 12.3 Å². The van der Waals surface area contributed by atoms with Crippen LogP contribution in [0.2, 0.25) is 0 Å². The Morgan fingerprint density at radius 1 is 1.26 bits per heavy atom. The van der Waals surface area contributed by atoms with Crippen molar-refractivity contribution in [3.8, 4) is 0 Å². The standard InChI is InChI=1S/C16H22N2O/c19-16(13-6-2-1-3-7-13)12-14-10-11-18(17-14)15-8-4-5-9-15/h6,10-11,15H,1-5,7-9,12H2. The third-order valence-electron chi connectivity index (χ3n) is 4.35. The first-order chi connectivity index (χ1) is 9.33. The summed E-state index contributed by atoms with van der Waals surface area (Å²) in [5, 5.41) is 4.60. The highest BCUT2D eigenvalue weighted by molar-refractivity contribution is 5.96. The highest BCUT2D eigenvalue weighted by atomic mass is 16.1. The van der Waals surface area contributed by atoms with E-state index in [0.717, 1.165) is 30.5 Å². The lowest BCUT2D eigenvalue weighted by atomic mass is 9.94. The van der Waals surface area contributed by atoms with Crippen molar-refractivity contribution >= 4 is 5.78 Å². The first-order valence-corrected chi connectivity index (χ1v) is 7.59. The lowest BCUT2D eigenvalue weighted by molar-refractivity contribution is -0.115. The van der Waals surface area contributed by atoms with E-state index in [2.05, 4.69) is 15.9 Å². The van der Waals surface area contributed by atoms with E-state index in [1.54, 1.807) is 0 Å². The number of hydrogen-bond donors (Lipinski definition) is 0. The van der Waals surface area contributed by atoms with Crippen LogP contribution in [-0.4, -0.2) is 15.6 Å². The van der Waals surface area contributed by atoms with Gasteiger partial charge in [0.05, 0.1) is 18.2 Å². The van der Waals surface area contributed by atoms with Gasteiger partial charge in [0, 0.05) is 6.20 Å². The van der Waals surface area contributed by atoms with Gasteiger partial charge in [0.15, 0.2) is 5.78 Å². The molecule has 0 spiro atoms. The Bertz CT molecular complexity index is 481. The van der Waals surface area contributed by atoms with Gasteiger partial charge in [0.1, 0.15) is 0 Å². The second-order valence-corrected chi connectivity index (χ2v) is 5.80. The largest absolute Gasteiger partial charge is 0.294 e. The van der Waals surface area contributed by atoms with E-state index >= 15 is 0 Å². The summed E-state index contributed by atoms with van der Waals surface area (Å²) in [4.78, 5) is 12.2. The topological polar surface area (TPSA) is 34.9 Å². The Kier molecular flexibility index (Phi) is 3.81. The van der Waals surface area contributed by atoms with E-state index in [-0.39, 0.29) is 5.78 Å². The summed E-state index contributed by atoms with van der Waals surface area (Å²) in [7, 11) is 0. The van der Waals surface area contributed by atoms with Gasteiger partial charge in [-0.05, 0) is 50.2 Å². The second kappa shape index (κ2) is 5.72. The molecule has 2 aliphatic rings. The maximum Gasteiger partial charge on any atom is 0.164 e. The van der Waals surface area contributed by atoms with Crippen molar-refractivity contribution in [1.82, 2.24) is 9.78 Å². The Morgan fingerprint density at radius 2 is 2.11 bits per heavy atom. The van der Waals surface area contributed by atoms with Gasteiger partial charge < -0.3 is 0 Å². The molecule has 2 aliphatic carbocycles. The molecule has 19 heavy (non-hydrogen) atoms. The van der Waals surface area contributed by atoms with Crippen LogP contribution in [0.1, 0.15) is 63.1 Å². The SMILES string of the molecule is O=C(Cc1ccn(C2CCCC2)n1)C1=CCCCC1. The van der Waals surface area contributed by atoms with Crippen LogP contribution in [0.5, 0.6) is 0 Å². The number of allylic oxidation sites excluding steroid dienone is 2. The maximum atomic E-state index is 12.2. The van der Waals surface area contributed by atoms with Crippen molar-refractivity contribution in [3.63, 3.8) is 0 Å². The van der Waals surface area contributed by atoms with Gasteiger partial charge in [0.25, 0.3) is 0 Å². The average molecular weight is 258 g/mol. The monoisotopic (exact) mass is 258 g/mol. The zero-order valence-electron chi connectivity index (χ0n) is 11.5. The van der Waals surface area contributed by atoms with Crippen LogP contribution in [0.3, 0.4) is 0 Å². The number of carbonyl (C=O) groups excluding carboxylic acids is 1. The maximum absolute atomic E-state index is 12.2. The third-order valence-corrected chi connectivity index (χ3v) is 4.35. The summed E-state index contributed by atoms with van der Waals surface area (Å²) in [6.45, 7) is 0. The molecule has 102 valence electrons.